The Morgan fingerprint density at radius 1 is 1.31 bits per heavy atom. The molecule has 0 fully saturated rings. The molecule has 0 saturated heterocycles. The van der Waals surface area contributed by atoms with E-state index in [1.165, 1.54) is 6.92 Å². The summed E-state index contributed by atoms with van der Waals surface area (Å²) >= 11 is 6.52. The first-order valence-corrected chi connectivity index (χ1v) is 12.0. The van der Waals surface area contributed by atoms with Gasteiger partial charge in [-0.3, -0.25) is 14.4 Å². The van der Waals surface area contributed by atoms with Gasteiger partial charge in [0.2, 0.25) is 5.78 Å². The Hall–Kier alpha value is -3.19. The van der Waals surface area contributed by atoms with E-state index >= 15 is 0 Å². The molecule has 0 bridgehead atoms. The molecule has 3 rings (SSSR count). The van der Waals surface area contributed by atoms with Crippen molar-refractivity contribution in [3.05, 3.63) is 69.1 Å². The summed E-state index contributed by atoms with van der Waals surface area (Å²) < 4.78 is 5.48. The zero-order chi connectivity index (χ0) is 26.1. The first-order chi connectivity index (χ1) is 16.5. The molecule has 0 amide bonds. The van der Waals surface area contributed by atoms with Gasteiger partial charge in [-0.1, -0.05) is 44.0 Å². The summed E-state index contributed by atoms with van der Waals surface area (Å²) in [5.74, 6) is -2.55. The highest BCUT2D eigenvalue weighted by atomic mass is 35.5. The minimum Gasteiger partial charge on any atom is -0.481 e. The van der Waals surface area contributed by atoms with Crippen LogP contribution in [0.1, 0.15) is 53.9 Å². The molecule has 7 nitrogen and oxygen atoms in total. The number of rotatable bonds is 9. The first-order valence-electron chi connectivity index (χ1n) is 11.7. The van der Waals surface area contributed by atoms with Gasteiger partial charge in [-0.2, -0.15) is 0 Å². The van der Waals surface area contributed by atoms with E-state index in [-0.39, 0.29) is 22.6 Å². The zero-order valence-corrected chi connectivity index (χ0v) is 21.4. The first kappa shape index (κ1) is 26.4. The maximum Gasteiger partial charge on any atom is 0.343 e. The highest BCUT2D eigenvalue weighted by Gasteiger charge is 2.57. The third-order valence-electron chi connectivity index (χ3n) is 6.61. The van der Waals surface area contributed by atoms with Crippen LogP contribution in [0.25, 0.3) is 0 Å². The lowest BCUT2D eigenvalue weighted by Crippen LogP contribution is -2.43. The van der Waals surface area contributed by atoms with Crippen LogP contribution in [0.5, 0.6) is 0 Å². The van der Waals surface area contributed by atoms with E-state index in [2.05, 4.69) is 13.8 Å². The topological polar surface area (TPSA) is 101 Å². The SMILES string of the molecule is C/C=C(\C)C(=O)C1=C2C3=CN(CCCC(=O)O)C(/C=C\[C@@H](C)CC)=CC3=C(Cl)C(=O)[C@@]2(C)OC1=O. The number of halogens is 1. The van der Waals surface area contributed by atoms with Gasteiger partial charge in [0.05, 0.1) is 5.03 Å². The second-order valence-electron chi connectivity index (χ2n) is 9.08. The third kappa shape index (κ3) is 4.82. The normalized spacial score (nSPS) is 23.3. The van der Waals surface area contributed by atoms with Crippen molar-refractivity contribution in [3.8, 4) is 0 Å². The molecule has 2 aliphatic heterocycles. The maximum atomic E-state index is 13.3. The lowest BCUT2D eigenvalue weighted by atomic mass is 9.74. The van der Waals surface area contributed by atoms with E-state index < -0.39 is 29.1 Å². The van der Waals surface area contributed by atoms with Crippen molar-refractivity contribution in [2.24, 2.45) is 5.92 Å². The number of ketones is 2. The van der Waals surface area contributed by atoms with Gasteiger partial charge in [0.1, 0.15) is 5.57 Å². The number of carboxylic acids is 1. The molecule has 0 spiro atoms. The number of Topliss-reactive ketones (excluding diaryl/α,β-unsaturated/α-hetero) is 2. The van der Waals surface area contributed by atoms with E-state index in [0.717, 1.165) is 12.1 Å². The number of ether oxygens (including phenoxy) is 1. The maximum absolute atomic E-state index is 13.3. The number of hydrogen-bond acceptors (Lipinski definition) is 6. The number of fused-ring (bicyclic) bond motifs is 3. The molecule has 1 N–H and O–H groups in total. The summed E-state index contributed by atoms with van der Waals surface area (Å²) in [6.45, 7) is 9.26. The monoisotopic (exact) mass is 499 g/mol. The molecular formula is C27H30ClNO6. The minimum atomic E-state index is -1.72. The van der Waals surface area contributed by atoms with Gasteiger partial charge in [-0.25, -0.2) is 4.79 Å². The second kappa shape index (κ2) is 10.2. The average Bonchev–Trinajstić information content (AvgIpc) is 3.10. The number of aliphatic carboxylic acids is 1. The number of carbonyl (C=O) groups excluding carboxylic acids is 3. The predicted molar refractivity (Wildman–Crippen MR) is 132 cm³/mol. The van der Waals surface area contributed by atoms with Gasteiger partial charge in [-0.15, -0.1) is 0 Å². The number of allylic oxidation sites excluding steroid dienone is 6. The fraction of sp³-hybridized carbons (Fsp3) is 0.407. The van der Waals surface area contributed by atoms with Crippen LogP contribution in [-0.2, 0) is 23.9 Å². The van der Waals surface area contributed by atoms with Crippen molar-refractivity contribution in [2.75, 3.05) is 6.54 Å². The molecule has 186 valence electrons. The molecule has 2 atom stereocenters. The number of nitrogens with zero attached hydrogens (tertiary/aromatic N) is 1. The van der Waals surface area contributed by atoms with Crippen molar-refractivity contribution in [1.29, 1.82) is 0 Å². The molecule has 0 aromatic carbocycles. The van der Waals surface area contributed by atoms with E-state index in [4.69, 9.17) is 21.4 Å². The molecular weight excluding hydrogens is 470 g/mol. The number of hydrogen-bond donors (Lipinski definition) is 1. The summed E-state index contributed by atoms with van der Waals surface area (Å²) in [5.41, 5.74) is 0.241. The number of carboxylic acid groups (broad SMARTS) is 1. The molecule has 1 aliphatic carbocycles. The Kier molecular flexibility index (Phi) is 7.70. The van der Waals surface area contributed by atoms with Crippen LogP contribution in [0, 0.1) is 5.92 Å². The van der Waals surface area contributed by atoms with Crippen molar-refractivity contribution in [1.82, 2.24) is 4.90 Å². The fourth-order valence-corrected chi connectivity index (χ4v) is 4.51. The quantitative estimate of drug-likeness (QED) is 0.277. The molecule has 35 heavy (non-hydrogen) atoms. The lowest BCUT2D eigenvalue weighted by molar-refractivity contribution is -0.153. The molecule has 2 heterocycles. The highest BCUT2D eigenvalue weighted by molar-refractivity contribution is 6.46. The molecule has 0 saturated carbocycles. The Bertz CT molecular complexity index is 1180. The molecule has 0 aromatic heterocycles. The van der Waals surface area contributed by atoms with Gasteiger partial charge >= 0.3 is 11.9 Å². The molecule has 3 aliphatic rings. The predicted octanol–water partition coefficient (Wildman–Crippen LogP) is 4.76. The number of esters is 1. The molecule has 0 unspecified atom stereocenters. The Labute approximate surface area is 210 Å². The van der Waals surface area contributed by atoms with E-state index in [0.29, 0.717) is 35.6 Å². The molecule has 0 radical (unpaired) electrons. The largest absolute Gasteiger partial charge is 0.481 e. The lowest BCUT2D eigenvalue weighted by Gasteiger charge is -2.36. The molecule has 8 heteroatoms. The van der Waals surface area contributed by atoms with Crippen molar-refractivity contribution in [3.63, 3.8) is 0 Å². The zero-order valence-electron chi connectivity index (χ0n) is 20.6. The van der Waals surface area contributed by atoms with E-state index in [9.17, 15) is 19.2 Å². The van der Waals surface area contributed by atoms with Gasteiger partial charge in [0.15, 0.2) is 11.4 Å². The van der Waals surface area contributed by atoms with Crippen LogP contribution >= 0.6 is 11.6 Å². The van der Waals surface area contributed by atoms with Crippen LogP contribution in [-0.4, -0.2) is 45.7 Å². The van der Waals surface area contributed by atoms with Crippen LogP contribution in [0.4, 0.5) is 0 Å². The van der Waals surface area contributed by atoms with Crippen LogP contribution in [0.3, 0.4) is 0 Å². The van der Waals surface area contributed by atoms with Crippen LogP contribution in [0.2, 0.25) is 0 Å². The number of carbonyl (C=O) groups is 4. The van der Waals surface area contributed by atoms with Crippen molar-refractivity contribution >= 4 is 35.1 Å². The van der Waals surface area contributed by atoms with E-state index in [1.807, 2.05) is 17.1 Å². The summed E-state index contributed by atoms with van der Waals surface area (Å²) in [7, 11) is 0. The Morgan fingerprint density at radius 3 is 2.60 bits per heavy atom. The third-order valence-corrected chi connectivity index (χ3v) is 6.99. The van der Waals surface area contributed by atoms with Gasteiger partial charge < -0.3 is 14.7 Å². The highest BCUT2D eigenvalue weighted by Crippen LogP contribution is 2.50. The van der Waals surface area contributed by atoms with Gasteiger partial charge in [0, 0.05) is 41.6 Å². The average molecular weight is 500 g/mol. The Morgan fingerprint density at radius 2 is 2.00 bits per heavy atom. The Balaban J connectivity index is 2.23. The van der Waals surface area contributed by atoms with Gasteiger partial charge in [-0.05, 0) is 50.8 Å². The summed E-state index contributed by atoms with van der Waals surface area (Å²) in [5, 5.41) is 9.02. The smallest absolute Gasteiger partial charge is 0.343 e. The standard InChI is InChI=1S/C27H30ClNO6/c1-6-15(3)10-11-17-13-18-19(14-29(17)12-8-9-20(30)31)22-21(24(32)16(4)7-2)26(34)35-27(22,5)25(33)23(18)28/h7,10-11,13-15H,6,8-9,12H2,1-5H3,(H,30,31)/b11-10-,16-7+/t15-,27-/m0/s1. The van der Waals surface area contributed by atoms with Crippen LogP contribution in [0.15, 0.2) is 69.1 Å². The van der Waals surface area contributed by atoms with Crippen molar-refractivity contribution < 1.29 is 29.0 Å². The fourth-order valence-electron chi connectivity index (χ4n) is 4.17. The summed E-state index contributed by atoms with van der Waals surface area (Å²) in [4.78, 5) is 52.3. The van der Waals surface area contributed by atoms with Crippen molar-refractivity contribution in [2.45, 2.75) is 59.5 Å². The summed E-state index contributed by atoms with van der Waals surface area (Å²) in [6.07, 6.45) is 10.3. The minimum absolute atomic E-state index is 0.0177. The van der Waals surface area contributed by atoms with Gasteiger partial charge in [0.25, 0.3) is 0 Å². The van der Waals surface area contributed by atoms with E-state index in [1.54, 1.807) is 32.2 Å². The second-order valence-corrected chi connectivity index (χ2v) is 9.46. The molecule has 0 aromatic rings. The van der Waals surface area contributed by atoms with Crippen LogP contribution < -0.4 is 0 Å². The summed E-state index contributed by atoms with van der Waals surface area (Å²) in [6, 6.07) is 0.